The zero-order valence-corrected chi connectivity index (χ0v) is 11.3. The van der Waals surface area contributed by atoms with Crippen LogP contribution < -0.4 is 10.0 Å². The van der Waals surface area contributed by atoms with E-state index in [1.807, 2.05) is 6.92 Å². The van der Waals surface area contributed by atoms with E-state index in [-0.39, 0.29) is 17.0 Å². The first-order chi connectivity index (χ1) is 8.92. The summed E-state index contributed by atoms with van der Waals surface area (Å²) in [6.45, 7) is 5.86. The van der Waals surface area contributed by atoms with Gasteiger partial charge in [0.1, 0.15) is 0 Å². The normalized spacial score (nSPS) is 11.0. The second kappa shape index (κ2) is 6.35. The van der Waals surface area contributed by atoms with Crippen molar-refractivity contribution in [2.45, 2.75) is 11.8 Å². The van der Waals surface area contributed by atoms with Crippen LogP contribution in [0.3, 0.4) is 0 Å². The Balaban J connectivity index is 3.21. The van der Waals surface area contributed by atoms with E-state index in [0.717, 1.165) is 6.07 Å². The minimum Gasteiger partial charge on any atom is -0.478 e. The number of carboxylic acid groups (broad SMARTS) is 1. The van der Waals surface area contributed by atoms with Gasteiger partial charge in [0.2, 0.25) is 10.0 Å². The van der Waals surface area contributed by atoms with E-state index in [2.05, 4.69) is 16.6 Å². The molecule has 0 aliphatic carbocycles. The van der Waals surface area contributed by atoms with Gasteiger partial charge in [0.05, 0.1) is 10.5 Å². The van der Waals surface area contributed by atoms with E-state index in [0.29, 0.717) is 12.2 Å². The van der Waals surface area contributed by atoms with Crippen molar-refractivity contribution in [3.63, 3.8) is 0 Å². The molecule has 19 heavy (non-hydrogen) atoms. The number of carbonyl (C=O) groups is 1. The van der Waals surface area contributed by atoms with Crippen molar-refractivity contribution >= 4 is 21.7 Å². The second-order valence-electron chi connectivity index (χ2n) is 3.68. The molecular formula is C12H16N2O4S. The van der Waals surface area contributed by atoms with Crippen molar-refractivity contribution < 1.29 is 18.3 Å². The standard InChI is InChI=1S/C12H16N2O4S/c1-3-7-14-19(17,18)9-5-6-11(13-4-2)10(8-9)12(15)16/h3,5-6,8,13-14H,1,4,7H2,2H3,(H,15,16). The third-order valence-electron chi connectivity index (χ3n) is 2.32. The van der Waals surface area contributed by atoms with E-state index in [1.165, 1.54) is 18.2 Å². The highest BCUT2D eigenvalue weighted by Gasteiger charge is 2.18. The lowest BCUT2D eigenvalue weighted by Gasteiger charge is -2.10. The van der Waals surface area contributed by atoms with Crippen molar-refractivity contribution in [3.05, 3.63) is 36.4 Å². The Morgan fingerprint density at radius 1 is 1.47 bits per heavy atom. The van der Waals surface area contributed by atoms with E-state index in [4.69, 9.17) is 5.11 Å². The molecule has 1 aromatic carbocycles. The molecule has 0 aliphatic rings. The van der Waals surface area contributed by atoms with Crippen LogP contribution in [-0.4, -0.2) is 32.6 Å². The van der Waals surface area contributed by atoms with Gasteiger partial charge in [0.25, 0.3) is 0 Å². The maximum absolute atomic E-state index is 11.9. The van der Waals surface area contributed by atoms with Crippen molar-refractivity contribution in [2.75, 3.05) is 18.4 Å². The highest BCUT2D eigenvalue weighted by Crippen LogP contribution is 2.20. The molecule has 0 radical (unpaired) electrons. The largest absolute Gasteiger partial charge is 0.478 e. The Hall–Kier alpha value is -1.86. The minimum absolute atomic E-state index is 0.0803. The topological polar surface area (TPSA) is 95.5 Å². The third kappa shape index (κ3) is 3.80. The number of anilines is 1. The van der Waals surface area contributed by atoms with Crippen LogP contribution in [-0.2, 0) is 10.0 Å². The molecule has 0 aliphatic heterocycles. The van der Waals surface area contributed by atoms with E-state index < -0.39 is 16.0 Å². The predicted octanol–water partition coefficient (Wildman–Crippen LogP) is 1.28. The summed E-state index contributed by atoms with van der Waals surface area (Å²) in [6, 6.07) is 3.93. The molecular weight excluding hydrogens is 268 g/mol. The fourth-order valence-corrected chi connectivity index (χ4v) is 2.49. The summed E-state index contributed by atoms with van der Waals surface area (Å²) in [6.07, 6.45) is 1.41. The Kier molecular flexibility index (Phi) is 5.08. The van der Waals surface area contributed by atoms with Crippen LogP contribution >= 0.6 is 0 Å². The van der Waals surface area contributed by atoms with Gasteiger partial charge in [-0.2, -0.15) is 0 Å². The molecule has 7 heteroatoms. The molecule has 6 nitrogen and oxygen atoms in total. The van der Waals surface area contributed by atoms with Crippen LogP contribution in [0.2, 0.25) is 0 Å². The average molecular weight is 284 g/mol. The van der Waals surface area contributed by atoms with Crippen molar-refractivity contribution in [1.29, 1.82) is 0 Å². The average Bonchev–Trinajstić information content (AvgIpc) is 2.37. The fraction of sp³-hybridized carbons (Fsp3) is 0.250. The summed E-state index contributed by atoms with van der Waals surface area (Å²) in [7, 11) is -3.72. The Labute approximate surface area is 112 Å². The molecule has 0 saturated heterocycles. The van der Waals surface area contributed by atoms with Crippen LogP contribution in [0.15, 0.2) is 35.7 Å². The highest BCUT2D eigenvalue weighted by molar-refractivity contribution is 7.89. The van der Waals surface area contributed by atoms with Gasteiger partial charge in [-0.3, -0.25) is 0 Å². The smallest absolute Gasteiger partial charge is 0.337 e. The first-order valence-corrected chi connectivity index (χ1v) is 7.12. The van der Waals surface area contributed by atoms with Crippen molar-refractivity contribution in [1.82, 2.24) is 4.72 Å². The third-order valence-corrected chi connectivity index (χ3v) is 3.74. The van der Waals surface area contributed by atoms with Crippen LogP contribution in [0.25, 0.3) is 0 Å². The molecule has 0 fully saturated rings. The van der Waals surface area contributed by atoms with Crippen LogP contribution in [0.1, 0.15) is 17.3 Å². The molecule has 3 N–H and O–H groups in total. The zero-order valence-electron chi connectivity index (χ0n) is 10.5. The zero-order chi connectivity index (χ0) is 14.5. The molecule has 0 bridgehead atoms. The van der Waals surface area contributed by atoms with Crippen LogP contribution in [0.4, 0.5) is 5.69 Å². The molecule has 0 amide bonds. The van der Waals surface area contributed by atoms with E-state index in [1.54, 1.807) is 0 Å². The highest BCUT2D eigenvalue weighted by atomic mass is 32.2. The molecule has 0 spiro atoms. The van der Waals surface area contributed by atoms with Gasteiger partial charge in [-0.05, 0) is 25.1 Å². The summed E-state index contributed by atoms with van der Waals surface area (Å²) in [5.74, 6) is -1.18. The Morgan fingerprint density at radius 2 is 2.16 bits per heavy atom. The van der Waals surface area contributed by atoms with Gasteiger partial charge in [-0.1, -0.05) is 6.08 Å². The minimum atomic E-state index is -3.72. The summed E-state index contributed by atoms with van der Waals surface area (Å²) in [5.41, 5.74) is 0.306. The second-order valence-corrected chi connectivity index (χ2v) is 5.45. The van der Waals surface area contributed by atoms with Gasteiger partial charge in [0.15, 0.2) is 0 Å². The van der Waals surface area contributed by atoms with Crippen molar-refractivity contribution in [2.24, 2.45) is 0 Å². The van der Waals surface area contributed by atoms with Gasteiger partial charge in [-0.25, -0.2) is 17.9 Å². The first kappa shape index (κ1) is 15.2. The van der Waals surface area contributed by atoms with Crippen molar-refractivity contribution in [3.8, 4) is 0 Å². The molecule has 1 rings (SSSR count). The number of hydrogen-bond donors (Lipinski definition) is 3. The fourth-order valence-electron chi connectivity index (χ4n) is 1.46. The van der Waals surface area contributed by atoms with Crippen LogP contribution in [0, 0.1) is 0 Å². The summed E-state index contributed by atoms with van der Waals surface area (Å²) >= 11 is 0. The molecule has 104 valence electrons. The maximum Gasteiger partial charge on any atom is 0.337 e. The molecule has 0 aromatic heterocycles. The Bertz CT molecular complexity index is 581. The number of aromatic carboxylic acids is 1. The number of carboxylic acids is 1. The van der Waals surface area contributed by atoms with Gasteiger partial charge < -0.3 is 10.4 Å². The van der Waals surface area contributed by atoms with E-state index >= 15 is 0 Å². The number of benzene rings is 1. The number of hydrogen-bond acceptors (Lipinski definition) is 4. The molecule has 1 aromatic rings. The van der Waals surface area contributed by atoms with Gasteiger partial charge in [-0.15, -0.1) is 6.58 Å². The molecule has 0 atom stereocenters. The first-order valence-electron chi connectivity index (χ1n) is 5.64. The summed E-state index contributed by atoms with van der Waals surface area (Å²) in [5, 5.41) is 12.0. The van der Waals surface area contributed by atoms with Gasteiger partial charge in [0, 0.05) is 18.8 Å². The molecule has 0 unspecified atom stereocenters. The van der Waals surface area contributed by atoms with Crippen LogP contribution in [0.5, 0.6) is 0 Å². The molecule has 0 saturated carbocycles. The number of rotatable bonds is 7. The number of sulfonamides is 1. The maximum atomic E-state index is 11.9. The lowest BCUT2D eigenvalue weighted by atomic mass is 10.2. The Morgan fingerprint density at radius 3 is 2.68 bits per heavy atom. The van der Waals surface area contributed by atoms with E-state index in [9.17, 15) is 13.2 Å². The summed E-state index contributed by atoms with van der Waals surface area (Å²) in [4.78, 5) is 11.0. The lowest BCUT2D eigenvalue weighted by molar-refractivity contribution is 0.0697. The lowest BCUT2D eigenvalue weighted by Crippen LogP contribution is -2.24. The number of nitrogens with one attached hydrogen (secondary N) is 2. The SMILES string of the molecule is C=CCNS(=O)(=O)c1ccc(NCC)c(C(=O)O)c1. The van der Waals surface area contributed by atoms with Gasteiger partial charge >= 0.3 is 5.97 Å². The molecule has 0 heterocycles. The quantitative estimate of drug-likeness (QED) is 0.656. The monoisotopic (exact) mass is 284 g/mol. The summed E-state index contributed by atoms with van der Waals surface area (Å²) < 4.78 is 26.0. The predicted molar refractivity (Wildman–Crippen MR) is 73.0 cm³/mol.